The van der Waals surface area contributed by atoms with Crippen molar-refractivity contribution in [1.82, 2.24) is 4.98 Å². The highest BCUT2D eigenvalue weighted by molar-refractivity contribution is 6.30. The quantitative estimate of drug-likeness (QED) is 0.925. The van der Waals surface area contributed by atoms with Crippen molar-refractivity contribution in [3.63, 3.8) is 0 Å². The van der Waals surface area contributed by atoms with Gasteiger partial charge in [-0.05, 0) is 43.2 Å². The van der Waals surface area contributed by atoms with Crippen LogP contribution in [0.15, 0.2) is 42.7 Å². The van der Waals surface area contributed by atoms with Crippen molar-refractivity contribution in [3.05, 3.63) is 58.9 Å². The fourth-order valence-electron chi connectivity index (χ4n) is 1.76. The number of rotatable bonds is 3. The Morgan fingerprint density at radius 1 is 1.37 bits per heavy atom. The summed E-state index contributed by atoms with van der Waals surface area (Å²) in [7, 11) is 0. The first-order valence-electron chi connectivity index (χ1n) is 6.05. The molecule has 0 saturated heterocycles. The molecule has 19 heavy (non-hydrogen) atoms. The minimum Gasteiger partial charge on any atom is -0.324 e. The summed E-state index contributed by atoms with van der Waals surface area (Å²) in [5, 5.41) is 3.52. The number of aromatic nitrogens is 1. The molecule has 0 radical (unpaired) electrons. The number of aryl methyl sites for hydroxylation is 1. The lowest BCUT2D eigenvalue weighted by Crippen LogP contribution is -2.19. The second-order valence-electron chi connectivity index (χ2n) is 4.46. The maximum Gasteiger partial charge on any atom is 0.231 e. The third-order valence-corrected chi connectivity index (χ3v) is 3.27. The molecule has 0 saturated carbocycles. The largest absolute Gasteiger partial charge is 0.324 e. The number of nitrogens with one attached hydrogen (secondary N) is 1. The van der Waals surface area contributed by atoms with Crippen LogP contribution >= 0.6 is 11.6 Å². The topological polar surface area (TPSA) is 42.0 Å². The van der Waals surface area contributed by atoms with Gasteiger partial charge in [0.25, 0.3) is 0 Å². The minimum absolute atomic E-state index is 0.0710. The Kier molecular flexibility index (Phi) is 4.17. The molecule has 0 aliphatic carbocycles. The number of carbonyl (C=O) groups is 1. The Morgan fingerprint density at radius 3 is 2.84 bits per heavy atom. The van der Waals surface area contributed by atoms with Gasteiger partial charge in [0.2, 0.25) is 5.91 Å². The van der Waals surface area contributed by atoms with E-state index < -0.39 is 0 Å². The summed E-state index contributed by atoms with van der Waals surface area (Å²) in [4.78, 5) is 16.2. The Bertz CT molecular complexity index is 598. The van der Waals surface area contributed by atoms with Gasteiger partial charge in [0.15, 0.2) is 0 Å². The Hall–Kier alpha value is -1.87. The second-order valence-corrected chi connectivity index (χ2v) is 4.89. The van der Waals surface area contributed by atoms with E-state index in [0.29, 0.717) is 5.02 Å². The van der Waals surface area contributed by atoms with E-state index in [-0.39, 0.29) is 11.8 Å². The van der Waals surface area contributed by atoms with E-state index in [4.69, 9.17) is 11.6 Å². The predicted octanol–water partition coefficient (Wildman–Crippen LogP) is 3.79. The highest BCUT2D eigenvalue weighted by atomic mass is 35.5. The lowest BCUT2D eigenvalue weighted by molar-refractivity contribution is -0.117. The highest BCUT2D eigenvalue weighted by Crippen LogP contribution is 2.21. The summed E-state index contributed by atoms with van der Waals surface area (Å²) in [6.45, 7) is 3.79. The lowest BCUT2D eigenvalue weighted by atomic mass is 10.0. The normalized spacial score (nSPS) is 11.9. The molecule has 1 amide bonds. The van der Waals surface area contributed by atoms with Crippen LogP contribution in [0.1, 0.15) is 24.0 Å². The molecule has 1 aromatic carbocycles. The van der Waals surface area contributed by atoms with Gasteiger partial charge in [0, 0.05) is 11.2 Å². The van der Waals surface area contributed by atoms with Crippen molar-refractivity contribution < 1.29 is 4.79 Å². The minimum atomic E-state index is -0.265. The summed E-state index contributed by atoms with van der Waals surface area (Å²) in [6, 6.07) is 9.20. The summed E-state index contributed by atoms with van der Waals surface area (Å²) in [6.07, 6.45) is 3.35. The Balaban J connectivity index is 2.14. The summed E-state index contributed by atoms with van der Waals surface area (Å²) >= 11 is 5.94. The van der Waals surface area contributed by atoms with Gasteiger partial charge in [0.1, 0.15) is 0 Å². The number of halogens is 1. The van der Waals surface area contributed by atoms with Crippen LogP contribution in [-0.2, 0) is 4.79 Å². The molecule has 0 aliphatic heterocycles. The monoisotopic (exact) mass is 274 g/mol. The van der Waals surface area contributed by atoms with Crippen molar-refractivity contribution in [2.45, 2.75) is 19.8 Å². The number of amides is 1. The number of nitrogens with zero attached hydrogens (tertiary/aromatic N) is 1. The number of anilines is 1. The summed E-state index contributed by atoms with van der Waals surface area (Å²) < 4.78 is 0. The van der Waals surface area contributed by atoms with Gasteiger partial charge in [-0.1, -0.05) is 23.7 Å². The molecule has 0 bridgehead atoms. The molecule has 0 fully saturated rings. The molecule has 98 valence electrons. The summed E-state index contributed by atoms with van der Waals surface area (Å²) in [5.41, 5.74) is 2.62. The van der Waals surface area contributed by atoms with Gasteiger partial charge >= 0.3 is 0 Å². The van der Waals surface area contributed by atoms with Gasteiger partial charge in [-0.2, -0.15) is 0 Å². The third kappa shape index (κ3) is 3.32. The first kappa shape index (κ1) is 13.6. The molecule has 3 nitrogen and oxygen atoms in total. The van der Waals surface area contributed by atoms with E-state index >= 15 is 0 Å². The molecular weight excluding hydrogens is 260 g/mol. The van der Waals surface area contributed by atoms with E-state index in [9.17, 15) is 4.79 Å². The van der Waals surface area contributed by atoms with Gasteiger partial charge in [0.05, 0.1) is 17.8 Å². The molecular formula is C15H15ClN2O. The van der Waals surface area contributed by atoms with Crippen LogP contribution in [0.5, 0.6) is 0 Å². The molecule has 1 atom stereocenters. The fourth-order valence-corrected chi connectivity index (χ4v) is 1.96. The Morgan fingerprint density at radius 2 is 2.16 bits per heavy atom. The van der Waals surface area contributed by atoms with Crippen molar-refractivity contribution in [2.75, 3.05) is 5.32 Å². The Labute approximate surface area is 117 Å². The first-order chi connectivity index (χ1) is 9.08. The van der Waals surface area contributed by atoms with Gasteiger partial charge in [-0.15, -0.1) is 0 Å². The maximum atomic E-state index is 12.2. The van der Waals surface area contributed by atoms with Gasteiger partial charge in [-0.3, -0.25) is 9.78 Å². The molecule has 0 aliphatic rings. The smallest absolute Gasteiger partial charge is 0.231 e. The van der Waals surface area contributed by atoms with E-state index in [0.717, 1.165) is 16.8 Å². The fraction of sp³-hybridized carbons (Fsp3) is 0.200. The lowest BCUT2D eigenvalue weighted by Gasteiger charge is -2.13. The van der Waals surface area contributed by atoms with Crippen molar-refractivity contribution in [2.24, 2.45) is 0 Å². The predicted molar refractivity (Wildman–Crippen MR) is 77.5 cm³/mol. The number of carbonyl (C=O) groups excluding carboxylic acids is 1. The molecule has 2 rings (SSSR count). The van der Waals surface area contributed by atoms with Crippen molar-refractivity contribution in [3.8, 4) is 0 Å². The third-order valence-electron chi connectivity index (χ3n) is 3.04. The number of pyridine rings is 1. The molecule has 1 heterocycles. The maximum absolute atomic E-state index is 12.2. The van der Waals surface area contributed by atoms with E-state index in [2.05, 4.69) is 10.3 Å². The molecule has 1 unspecified atom stereocenters. The zero-order chi connectivity index (χ0) is 13.8. The second kappa shape index (κ2) is 5.85. The molecule has 1 aromatic heterocycles. The SMILES string of the molecule is Cc1ccncc1NC(=O)C(C)c1cccc(Cl)c1. The van der Waals surface area contributed by atoms with Crippen molar-refractivity contribution >= 4 is 23.2 Å². The number of hydrogen-bond donors (Lipinski definition) is 1. The van der Waals surface area contributed by atoms with E-state index in [1.165, 1.54) is 0 Å². The average molecular weight is 275 g/mol. The molecule has 0 spiro atoms. The van der Waals surface area contributed by atoms with Gasteiger partial charge < -0.3 is 5.32 Å². The first-order valence-corrected chi connectivity index (χ1v) is 6.42. The standard InChI is InChI=1S/C15H15ClN2O/c1-10-6-7-17-9-14(10)18-15(19)11(2)12-4-3-5-13(16)8-12/h3-9,11H,1-2H3,(H,18,19). The van der Waals surface area contributed by atoms with Crippen LogP contribution in [0, 0.1) is 6.92 Å². The average Bonchev–Trinajstić information content (AvgIpc) is 2.40. The van der Waals surface area contributed by atoms with Crippen LogP contribution in [0.3, 0.4) is 0 Å². The van der Waals surface area contributed by atoms with Gasteiger partial charge in [-0.25, -0.2) is 0 Å². The van der Waals surface area contributed by atoms with Crippen LogP contribution < -0.4 is 5.32 Å². The molecule has 4 heteroatoms. The van der Waals surface area contributed by atoms with Crippen LogP contribution in [-0.4, -0.2) is 10.9 Å². The van der Waals surface area contributed by atoms with E-state index in [1.807, 2.05) is 38.1 Å². The summed E-state index contributed by atoms with van der Waals surface area (Å²) in [5.74, 6) is -0.336. The van der Waals surface area contributed by atoms with E-state index in [1.54, 1.807) is 18.5 Å². The zero-order valence-corrected chi connectivity index (χ0v) is 11.6. The van der Waals surface area contributed by atoms with Crippen LogP contribution in [0.4, 0.5) is 5.69 Å². The van der Waals surface area contributed by atoms with Crippen LogP contribution in [0.2, 0.25) is 5.02 Å². The van der Waals surface area contributed by atoms with Crippen molar-refractivity contribution in [1.29, 1.82) is 0 Å². The number of benzene rings is 1. The highest BCUT2D eigenvalue weighted by Gasteiger charge is 2.16. The number of hydrogen-bond acceptors (Lipinski definition) is 2. The zero-order valence-electron chi connectivity index (χ0n) is 10.9. The molecule has 2 aromatic rings. The molecule has 1 N–H and O–H groups in total. The van der Waals surface area contributed by atoms with Crippen LogP contribution in [0.25, 0.3) is 0 Å².